The standard InChI is InChI=1S/C13H18FNS/c14-13-3-1-2-12(8-13)10-16-9-11-4-6-15-7-5-11/h1-3,8,11,15H,4-7,9-10H2. The minimum atomic E-state index is -0.125. The summed E-state index contributed by atoms with van der Waals surface area (Å²) >= 11 is 1.93. The van der Waals surface area contributed by atoms with E-state index in [0.717, 1.165) is 30.3 Å². The Bertz CT molecular complexity index is 323. The zero-order valence-electron chi connectivity index (χ0n) is 9.42. The number of halogens is 1. The molecule has 1 N–H and O–H groups in total. The number of rotatable bonds is 4. The Kier molecular flexibility index (Phi) is 4.67. The number of hydrogen-bond donors (Lipinski definition) is 1. The molecule has 0 bridgehead atoms. The van der Waals surface area contributed by atoms with Crippen LogP contribution in [-0.2, 0) is 5.75 Å². The van der Waals surface area contributed by atoms with Gasteiger partial charge in [0.2, 0.25) is 0 Å². The number of thioether (sulfide) groups is 1. The lowest BCUT2D eigenvalue weighted by atomic mass is 10.0. The van der Waals surface area contributed by atoms with E-state index in [1.54, 1.807) is 12.1 Å². The Labute approximate surface area is 101 Å². The summed E-state index contributed by atoms with van der Waals surface area (Å²) in [6.07, 6.45) is 2.58. The third-order valence-corrected chi connectivity index (χ3v) is 4.21. The van der Waals surface area contributed by atoms with E-state index in [1.807, 2.05) is 17.8 Å². The highest BCUT2D eigenvalue weighted by molar-refractivity contribution is 7.98. The van der Waals surface area contributed by atoms with Crippen LogP contribution in [0, 0.1) is 11.7 Å². The van der Waals surface area contributed by atoms with Crippen LogP contribution in [0.2, 0.25) is 0 Å². The molecular formula is C13H18FNS. The minimum Gasteiger partial charge on any atom is -0.317 e. The summed E-state index contributed by atoms with van der Waals surface area (Å²) in [5, 5.41) is 3.37. The topological polar surface area (TPSA) is 12.0 Å². The van der Waals surface area contributed by atoms with Crippen LogP contribution in [0.15, 0.2) is 24.3 Å². The van der Waals surface area contributed by atoms with Crippen molar-refractivity contribution in [3.63, 3.8) is 0 Å². The fourth-order valence-corrected chi connectivity index (χ4v) is 3.22. The lowest BCUT2D eigenvalue weighted by Gasteiger charge is -2.22. The Morgan fingerprint density at radius 3 is 2.88 bits per heavy atom. The van der Waals surface area contributed by atoms with Crippen molar-refractivity contribution in [2.75, 3.05) is 18.8 Å². The van der Waals surface area contributed by atoms with Crippen molar-refractivity contribution in [1.82, 2.24) is 5.32 Å². The second kappa shape index (κ2) is 6.26. The normalized spacial score (nSPS) is 17.6. The molecule has 1 heterocycles. The van der Waals surface area contributed by atoms with E-state index in [1.165, 1.54) is 24.7 Å². The fraction of sp³-hybridized carbons (Fsp3) is 0.538. The van der Waals surface area contributed by atoms with Gasteiger partial charge in [0.05, 0.1) is 0 Å². The van der Waals surface area contributed by atoms with Crippen LogP contribution in [0.5, 0.6) is 0 Å². The molecule has 2 rings (SSSR count). The Morgan fingerprint density at radius 2 is 2.12 bits per heavy atom. The van der Waals surface area contributed by atoms with Gasteiger partial charge in [-0.1, -0.05) is 12.1 Å². The largest absolute Gasteiger partial charge is 0.317 e. The van der Waals surface area contributed by atoms with Crippen molar-refractivity contribution in [2.45, 2.75) is 18.6 Å². The molecule has 16 heavy (non-hydrogen) atoms. The van der Waals surface area contributed by atoms with Gasteiger partial charge in [-0.3, -0.25) is 0 Å². The molecule has 0 unspecified atom stereocenters. The van der Waals surface area contributed by atoms with Crippen LogP contribution in [0.4, 0.5) is 4.39 Å². The van der Waals surface area contributed by atoms with Crippen LogP contribution in [0.25, 0.3) is 0 Å². The minimum absolute atomic E-state index is 0.125. The summed E-state index contributed by atoms with van der Waals surface area (Å²) in [4.78, 5) is 0. The maximum Gasteiger partial charge on any atom is 0.123 e. The van der Waals surface area contributed by atoms with Crippen molar-refractivity contribution in [3.8, 4) is 0 Å². The molecule has 0 aliphatic carbocycles. The van der Waals surface area contributed by atoms with E-state index in [2.05, 4.69) is 5.32 Å². The van der Waals surface area contributed by atoms with Gasteiger partial charge in [-0.2, -0.15) is 11.8 Å². The smallest absolute Gasteiger partial charge is 0.123 e. The summed E-state index contributed by atoms with van der Waals surface area (Å²) in [5.74, 6) is 2.86. The van der Waals surface area contributed by atoms with Crippen molar-refractivity contribution in [3.05, 3.63) is 35.6 Å². The van der Waals surface area contributed by atoms with Gasteiger partial charge >= 0.3 is 0 Å². The summed E-state index contributed by atoms with van der Waals surface area (Å²) in [7, 11) is 0. The number of hydrogen-bond acceptors (Lipinski definition) is 2. The van der Waals surface area contributed by atoms with Crippen LogP contribution in [0.3, 0.4) is 0 Å². The average molecular weight is 239 g/mol. The first-order valence-electron chi connectivity index (χ1n) is 5.87. The second-order valence-electron chi connectivity index (χ2n) is 4.34. The Balaban J connectivity index is 1.71. The molecule has 1 fully saturated rings. The summed E-state index contributed by atoms with van der Waals surface area (Å²) in [5.41, 5.74) is 1.10. The van der Waals surface area contributed by atoms with Gasteiger partial charge in [-0.25, -0.2) is 4.39 Å². The molecule has 1 aliphatic heterocycles. The lowest BCUT2D eigenvalue weighted by Crippen LogP contribution is -2.28. The van der Waals surface area contributed by atoms with Crippen LogP contribution >= 0.6 is 11.8 Å². The highest BCUT2D eigenvalue weighted by Crippen LogP contribution is 2.21. The van der Waals surface area contributed by atoms with E-state index in [4.69, 9.17) is 0 Å². The third kappa shape index (κ3) is 3.80. The van der Waals surface area contributed by atoms with Gasteiger partial charge in [0.25, 0.3) is 0 Å². The third-order valence-electron chi connectivity index (χ3n) is 2.97. The number of benzene rings is 1. The predicted molar refractivity (Wildman–Crippen MR) is 68.2 cm³/mol. The Hall–Kier alpha value is -0.540. The molecular weight excluding hydrogens is 221 g/mol. The van der Waals surface area contributed by atoms with Gasteiger partial charge in [0, 0.05) is 5.75 Å². The second-order valence-corrected chi connectivity index (χ2v) is 5.37. The molecule has 0 amide bonds. The summed E-state index contributed by atoms with van der Waals surface area (Å²) in [6.45, 7) is 2.32. The van der Waals surface area contributed by atoms with Crippen molar-refractivity contribution >= 4 is 11.8 Å². The molecule has 88 valence electrons. The van der Waals surface area contributed by atoms with Gasteiger partial charge in [-0.15, -0.1) is 0 Å². The number of nitrogens with one attached hydrogen (secondary N) is 1. The van der Waals surface area contributed by atoms with E-state index >= 15 is 0 Å². The average Bonchev–Trinajstić information content (AvgIpc) is 2.30. The molecule has 0 spiro atoms. The van der Waals surface area contributed by atoms with Gasteiger partial charge in [0.1, 0.15) is 5.82 Å². The quantitative estimate of drug-likeness (QED) is 0.866. The monoisotopic (exact) mass is 239 g/mol. The van der Waals surface area contributed by atoms with E-state index in [-0.39, 0.29) is 5.82 Å². The molecule has 1 aromatic carbocycles. The molecule has 1 saturated heterocycles. The fourth-order valence-electron chi connectivity index (χ4n) is 2.02. The van der Waals surface area contributed by atoms with E-state index < -0.39 is 0 Å². The maximum atomic E-state index is 12.9. The summed E-state index contributed by atoms with van der Waals surface area (Å²) in [6, 6.07) is 6.92. The van der Waals surface area contributed by atoms with Gasteiger partial charge < -0.3 is 5.32 Å². The molecule has 1 nitrogen and oxygen atoms in total. The van der Waals surface area contributed by atoms with Crippen LogP contribution < -0.4 is 5.32 Å². The predicted octanol–water partition coefficient (Wildman–Crippen LogP) is 3.06. The zero-order valence-corrected chi connectivity index (χ0v) is 10.2. The molecule has 1 aromatic rings. The highest BCUT2D eigenvalue weighted by Gasteiger charge is 2.12. The van der Waals surface area contributed by atoms with Crippen molar-refractivity contribution in [2.24, 2.45) is 5.92 Å². The van der Waals surface area contributed by atoms with Gasteiger partial charge in [0.15, 0.2) is 0 Å². The number of piperidine rings is 1. The molecule has 0 radical (unpaired) electrons. The van der Waals surface area contributed by atoms with E-state index in [9.17, 15) is 4.39 Å². The van der Waals surface area contributed by atoms with E-state index in [0.29, 0.717) is 0 Å². The highest BCUT2D eigenvalue weighted by atomic mass is 32.2. The first-order valence-corrected chi connectivity index (χ1v) is 7.03. The van der Waals surface area contributed by atoms with Gasteiger partial charge in [-0.05, 0) is 55.3 Å². The van der Waals surface area contributed by atoms with Crippen LogP contribution in [0.1, 0.15) is 18.4 Å². The molecule has 3 heteroatoms. The van der Waals surface area contributed by atoms with Crippen molar-refractivity contribution < 1.29 is 4.39 Å². The lowest BCUT2D eigenvalue weighted by molar-refractivity contribution is 0.408. The molecule has 0 aromatic heterocycles. The van der Waals surface area contributed by atoms with Crippen molar-refractivity contribution in [1.29, 1.82) is 0 Å². The molecule has 0 atom stereocenters. The van der Waals surface area contributed by atoms with Crippen LogP contribution in [-0.4, -0.2) is 18.8 Å². The maximum absolute atomic E-state index is 12.9. The SMILES string of the molecule is Fc1cccc(CSCC2CCNCC2)c1. The first kappa shape index (κ1) is 11.9. The molecule has 1 aliphatic rings. The zero-order chi connectivity index (χ0) is 11.2. The molecule has 0 saturated carbocycles. The first-order chi connectivity index (χ1) is 7.84. The summed E-state index contributed by atoms with van der Waals surface area (Å²) < 4.78 is 12.9. The Morgan fingerprint density at radius 1 is 1.31 bits per heavy atom.